The van der Waals surface area contributed by atoms with Crippen LogP contribution < -0.4 is 5.73 Å². The number of aromatic amines is 1. The lowest BCUT2D eigenvalue weighted by atomic mass is 9.89. The van der Waals surface area contributed by atoms with Crippen LogP contribution in [0.1, 0.15) is 24.0 Å². The number of H-pyrrole nitrogens is 1. The Labute approximate surface area is 176 Å². The normalized spacial score (nSPS) is 19.6. The van der Waals surface area contributed by atoms with Gasteiger partial charge in [-0.3, -0.25) is 9.47 Å². The lowest BCUT2D eigenvalue weighted by Crippen LogP contribution is -2.37. The smallest absolute Gasteiger partial charge is 0.123 e. The maximum atomic E-state index is 6.10. The van der Waals surface area contributed by atoms with E-state index in [0.29, 0.717) is 18.6 Å². The van der Waals surface area contributed by atoms with E-state index < -0.39 is 0 Å². The predicted molar refractivity (Wildman–Crippen MR) is 119 cm³/mol. The summed E-state index contributed by atoms with van der Waals surface area (Å²) in [5.41, 5.74) is 11.1. The number of nitrogens with zero attached hydrogens (tertiary/aromatic N) is 4. The van der Waals surface area contributed by atoms with Crippen LogP contribution in [0.3, 0.4) is 0 Å². The largest absolute Gasteiger partial charge is 0.361 e. The third kappa shape index (κ3) is 3.76. The SMILES string of the molecule is NCN1CC[C@@H](Cc2ccccc2)C1CCc1c[nH]c2ccc(-n3cnnc3)cc12. The van der Waals surface area contributed by atoms with E-state index in [2.05, 4.69) is 74.8 Å². The van der Waals surface area contributed by atoms with Crippen LogP contribution in [0.15, 0.2) is 67.4 Å². The quantitative estimate of drug-likeness (QED) is 0.498. The van der Waals surface area contributed by atoms with Crippen LogP contribution in [-0.4, -0.2) is 43.9 Å². The monoisotopic (exact) mass is 400 g/mol. The molecule has 1 aliphatic rings. The summed E-state index contributed by atoms with van der Waals surface area (Å²) in [6, 6.07) is 17.8. The molecule has 0 spiro atoms. The highest BCUT2D eigenvalue weighted by Gasteiger charge is 2.33. The molecule has 154 valence electrons. The van der Waals surface area contributed by atoms with E-state index in [-0.39, 0.29) is 0 Å². The van der Waals surface area contributed by atoms with Gasteiger partial charge in [0, 0.05) is 35.5 Å². The maximum Gasteiger partial charge on any atom is 0.123 e. The number of benzene rings is 2. The Balaban J connectivity index is 1.34. The van der Waals surface area contributed by atoms with Crippen molar-refractivity contribution < 1.29 is 0 Å². The van der Waals surface area contributed by atoms with Gasteiger partial charge in [-0.25, -0.2) is 0 Å². The van der Waals surface area contributed by atoms with Gasteiger partial charge in [-0.1, -0.05) is 30.3 Å². The van der Waals surface area contributed by atoms with Gasteiger partial charge in [0.05, 0.1) is 0 Å². The number of nitrogens with two attached hydrogens (primary N) is 1. The van der Waals surface area contributed by atoms with Crippen molar-refractivity contribution in [1.29, 1.82) is 0 Å². The Morgan fingerprint density at radius 3 is 2.70 bits per heavy atom. The van der Waals surface area contributed by atoms with Gasteiger partial charge in [0.15, 0.2) is 0 Å². The molecule has 2 aromatic carbocycles. The van der Waals surface area contributed by atoms with E-state index in [4.69, 9.17) is 5.73 Å². The Morgan fingerprint density at radius 2 is 1.90 bits per heavy atom. The van der Waals surface area contributed by atoms with Gasteiger partial charge >= 0.3 is 0 Å². The van der Waals surface area contributed by atoms with Crippen molar-refractivity contribution in [2.45, 2.75) is 31.7 Å². The molecule has 0 bridgehead atoms. The van der Waals surface area contributed by atoms with Gasteiger partial charge in [0.1, 0.15) is 12.7 Å². The summed E-state index contributed by atoms with van der Waals surface area (Å²) in [5, 5.41) is 9.13. The lowest BCUT2D eigenvalue weighted by molar-refractivity contribution is 0.219. The number of hydrogen-bond acceptors (Lipinski definition) is 4. The molecule has 30 heavy (non-hydrogen) atoms. The molecule has 1 aliphatic heterocycles. The summed E-state index contributed by atoms with van der Waals surface area (Å²) in [7, 11) is 0. The summed E-state index contributed by atoms with van der Waals surface area (Å²) in [5.74, 6) is 0.661. The fraction of sp³-hybridized carbons (Fsp3) is 0.333. The highest BCUT2D eigenvalue weighted by atomic mass is 15.2. The van der Waals surface area contributed by atoms with Crippen LogP contribution in [0.5, 0.6) is 0 Å². The standard InChI is InChI=1S/C24H28N6/c25-15-29-11-10-19(12-18-4-2-1-3-5-18)24(29)9-6-20-14-26-23-8-7-21(13-22(20)23)30-16-27-28-17-30/h1-5,7-8,13-14,16-17,19,24,26H,6,9-12,15,25H2/t19-,24?/m0/s1. The van der Waals surface area contributed by atoms with Crippen LogP contribution in [0.25, 0.3) is 16.6 Å². The number of aromatic nitrogens is 4. The summed E-state index contributed by atoms with van der Waals surface area (Å²) in [6.45, 7) is 1.74. The third-order valence-electron chi connectivity index (χ3n) is 6.55. The van der Waals surface area contributed by atoms with E-state index in [1.165, 1.54) is 28.5 Å². The fourth-order valence-corrected chi connectivity index (χ4v) is 4.96. The summed E-state index contributed by atoms with van der Waals surface area (Å²) in [4.78, 5) is 5.90. The van der Waals surface area contributed by atoms with Crippen LogP contribution >= 0.6 is 0 Å². The average molecular weight is 401 g/mol. The van der Waals surface area contributed by atoms with Crippen LogP contribution in [0, 0.1) is 5.92 Å². The van der Waals surface area contributed by atoms with E-state index in [1.807, 2.05) is 4.57 Å². The summed E-state index contributed by atoms with van der Waals surface area (Å²) in [6.07, 6.45) is 10.2. The molecule has 1 unspecified atom stereocenters. The number of aryl methyl sites for hydroxylation is 1. The Kier molecular flexibility index (Phi) is 5.34. The number of rotatable bonds is 7. The number of fused-ring (bicyclic) bond motifs is 1. The van der Waals surface area contributed by atoms with Crippen molar-refractivity contribution in [1.82, 2.24) is 24.6 Å². The summed E-state index contributed by atoms with van der Waals surface area (Å²) >= 11 is 0. The van der Waals surface area contributed by atoms with Crippen molar-refractivity contribution in [3.05, 3.63) is 78.5 Å². The van der Waals surface area contributed by atoms with Crippen LogP contribution in [-0.2, 0) is 12.8 Å². The molecule has 0 saturated carbocycles. The minimum absolute atomic E-state index is 0.529. The Morgan fingerprint density at radius 1 is 1.07 bits per heavy atom. The molecular formula is C24H28N6. The van der Waals surface area contributed by atoms with Crippen molar-refractivity contribution >= 4 is 10.9 Å². The van der Waals surface area contributed by atoms with Crippen molar-refractivity contribution in [3.63, 3.8) is 0 Å². The van der Waals surface area contributed by atoms with E-state index >= 15 is 0 Å². The van der Waals surface area contributed by atoms with Gasteiger partial charge in [-0.2, -0.15) is 0 Å². The number of nitrogens with one attached hydrogen (secondary N) is 1. The molecule has 6 heteroatoms. The third-order valence-corrected chi connectivity index (χ3v) is 6.55. The van der Waals surface area contributed by atoms with E-state index in [1.54, 1.807) is 12.7 Å². The zero-order chi connectivity index (χ0) is 20.3. The molecule has 3 N–H and O–H groups in total. The highest BCUT2D eigenvalue weighted by molar-refractivity contribution is 5.85. The van der Waals surface area contributed by atoms with Crippen LogP contribution in [0.2, 0.25) is 0 Å². The second-order valence-corrected chi connectivity index (χ2v) is 8.25. The van der Waals surface area contributed by atoms with E-state index in [0.717, 1.165) is 31.5 Å². The minimum atomic E-state index is 0.529. The first kappa shape index (κ1) is 19.0. The maximum absolute atomic E-state index is 6.10. The molecule has 1 saturated heterocycles. The average Bonchev–Trinajstić information content (AvgIpc) is 3.53. The van der Waals surface area contributed by atoms with Crippen molar-refractivity contribution in [2.24, 2.45) is 11.7 Å². The first-order valence-electron chi connectivity index (χ1n) is 10.7. The second kappa shape index (κ2) is 8.42. The van der Waals surface area contributed by atoms with Gasteiger partial charge in [0.2, 0.25) is 0 Å². The van der Waals surface area contributed by atoms with Gasteiger partial charge < -0.3 is 10.7 Å². The Bertz CT molecular complexity index is 1090. The van der Waals surface area contributed by atoms with Crippen LogP contribution in [0.4, 0.5) is 0 Å². The number of likely N-dealkylation sites (tertiary alicyclic amines) is 1. The summed E-state index contributed by atoms with van der Waals surface area (Å²) < 4.78 is 1.94. The Hall–Kier alpha value is -2.96. The molecule has 0 aliphatic carbocycles. The van der Waals surface area contributed by atoms with Crippen molar-refractivity contribution in [3.8, 4) is 5.69 Å². The van der Waals surface area contributed by atoms with E-state index in [9.17, 15) is 0 Å². The zero-order valence-corrected chi connectivity index (χ0v) is 17.1. The first-order valence-corrected chi connectivity index (χ1v) is 10.7. The molecule has 5 rings (SSSR count). The van der Waals surface area contributed by atoms with Crippen molar-refractivity contribution in [2.75, 3.05) is 13.2 Å². The van der Waals surface area contributed by atoms with Gasteiger partial charge in [-0.15, -0.1) is 10.2 Å². The minimum Gasteiger partial charge on any atom is -0.361 e. The molecule has 4 aromatic rings. The predicted octanol–water partition coefficient (Wildman–Crippen LogP) is 3.53. The molecular weight excluding hydrogens is 372 g/mol. The molecule has 2 aromatic heterocycles. The molecule has 2 atom stereocenters. The van der Waals surface area contributed by atoms with Gasteiger partial charge in [-0.05, 0) is 67.5 Å². The topological polar surface area (TPSA) is 75.8 Å². The molecule has 0 radical (unpaired) electrons. The second-order valence-electron chi connectivity index (χ2n) is 8.25. The molecule has 1 fully saturated rings. The molecule has 0 amide bonds. The van der Waals surface area contributed by atoms with Gasteiger partial charge in [0.25, 0.3) is 0 Å². The molecule has 3 heterocycles. The fourth-order valence-electron chi connectivity index (χ4n) is 4.96. The molecule has 6 nitrogen and oxygen atoms in total. The lowest BCUT2D eigenvalue weighted by Gasteiger charge is -2.27. The number of hydrogen-bond donors (Lipinski definition) is 2. The highest BCUT2D eigenvalue weighted by Crippen LogP contribution is 2.31. The first-order chi connectivity index (χ1) is 14.8. The zero-order valence-electron chi connectivity index (χ0n) is 17.1.